The summed E-state index contributed by atoms with van der Waals surface area (Å²) >= 11 is 6.74. The third-order valence-corrected chi connectivity index (χ3v) is 3.84. The second kappa shape index (κ2) is 5.76. The van der Waals surface area contributed by atoms with E-state index in [2.05, 4.69) is 31.9 Å². The Morgan fingerprint density at radius 3 is 2.33 bits per heavy atom. The number of hydrogen-bond acceptors (Lipinski definition) is 1. The molecule has 2 aromatic rings. The van der Waals surface area contributed by atoms with Gasteiger partial charge in [0.05, 0.1) is 0 Å². The lowest BCUT2D eigenvalue weighted by Crippen LogP contribution is -2.02. The van der Waals surface area contributed by atoms with Gasteiger partial charge >= 0.3 is 0 Å². The van der Waals surface area contributed by atoms with E-state index in [0.29, 0.717) is 11.1 Å². The topological polar surface area (TPSA) is 17.1 Å². The van der Waals surface area contributed by atoms with Gasteiger partial charge in [0.25, 0.3) is 0 Å². The molecule has 0 aliphatic rings. The van der Waals surface area contributed by atoms with Crippen LogP contribution in [-0.4, -0.2) is 5.78 Å². The number of benzene rings is 2. The Morgan fingerprint density at radius 1 is 1.11 bits per heavy atom. The first-order valence-corrected chi connectivity index (χ1v) is 7.18. The number of hydrogen-bond donors (Lipinski definition) is 0. The highest BCUT2D eigenvalue weighted by Crippen LogP contribution is 2.23. The summed E-state index contributed by atoms with van der Waals surface area (Å²) < 4.78 is 13.5. The van der Waals surface area contributed by atoms with E-state index >= 15 is 0 Å². The van der Waals surface area contributed by atoms with E-state index in [0.717, 1.165) is 15.4 Å². The van der Waals surface area contributed by atoms with Gasteiger partial charge in [-0.3, -0.25) is 4.79 Å². The molecule has 0 saturated heterocycles. The van der Waals surface area contributed by atoms with Gasteiger partial charge in [0.15, 0.2) is 5.78 Å². The van der Waals surface area contributed by atoms with Gasteiger partial charge in [-0.1, -0.05) is 37.9 Å². The van der Waals surface area contributed by atoms with Crippen LogP contribution in [0, 0.1) is 5.82 Å². The summed E-state index contributed by atoms with van der Waals surface area (Å²) in [6.45, 7) is 0. The molecule has 0 aliphatic heterocycles. The number of rotatable bonds is 3. The molecule has 0 atom stereocenters. The summed E-state index contributed by atoms with van der Waals surface area (Å²) in [5, 5.41) is 0.733. The smallest absolute Gasteiger partial charge is 0.194 e. The van der Waals surface area contributed by atoms with Crippen molar-refractivity contribution in [2.45, 2.75) is 5.33 Å². The van der Waals surface area contributed by atoms with Crippen LogP contribution in [-0.2, 0) is 5.33 Å². The minimum absolute atomic E-state index is 0.122. The average molecular weight is 372 g/mol. The SMILES string of the molecule is O=C(c1ccc(F)cc1)c1ccc(CBr)cc1Br. The van der Waals surface area contributed by atoms with Gasteiger partial charge in [0, 0.05) is 20.9 Å². The quantitative estimate of drug-likeness (QED) is 0.563. The summed E-state index contributed by atoms with van der Waals surface area (Å²) in [6, 6.07) is 11.1. The molecule has 0 unspecified atom stereocenters. The third kappa shape index (κ3) is 2.87. The Morgan fingerprint density at radius 2 is 1.78 bits per heavy atom. The van der Waals surface area contributed by atoms with Gasteiger partial charge in [0.1, 0.15) is 5.82 Å². The maximum absolute atomic E-state index is 12.8. The summed E-state index contributed by atoms with van der Waals surface area (Å²) in [6.07, 6.45) is 0. The molecule has 1 nitrogen and oxygen atoms in total. The van der Waals surface area contributed by atoms with Crippen LogP contribution in [0.4, 0.5) is 4.39 Å². The first kappa shape index (κ1) is 13.4. The normalized spacial score (nSPS) is 10.4. The maximum Gasteiger partial charge on any atom is 0.194 e. The standard InChI is InChI=1S/C14H9Br2FO/c15-8-9-1-6-12(13(16)7-9)14(18)10-2-4-11(17)5-3-10/h1-7H,8H2. The zero-order valence-corrected chi connectivity index (χ0v) is 12.5. The molecule has 18 heavy (non-hydrogen) atoms. The minimum Gasteiger partial charge on any atom is -0.289 e. The summed E-state index contributed by atoms with van der Waals surface area (Å²) in [5.41, 5.74) is 2.13. The first-order valence-electron chi connectivity index (χ1n) is 5.26. The molecule has 4 heteroatoms. The molecule has 0 aromatic heterocycles. The molecule has 2 aromatic carbocycles. The highest BCUT2D eigenvalue weighted by atomic mass is 79.9. The van der Waals surface area contributed by atoms with Crippen LogP contribution in [0.1, 0.15) is 21.5 Å². The van der Waals surface area contributed by atoms with Crippen molar-refractivity contribution in [1.82, 2.24) is 0 Å². The largest absolute Gasteiger partial charge is 0.289 e. The van der Waals surface area contributed by atoms with Crippen molar-refractivity contribution in [3.05, 3.63) is 69.4 Å². The molecule has 0 aliphatic carbocycles. The van der Waals surface area contributed by atoms with Gasteiger partial charge < -0.3 is 0 Å². The molecule has 0 saturated carbocycles. The van der Waals surface area contributed by atoms with E-state index in [1.807, 2.05) is 12.1 Å². The minimum atomic E-state index is -0.347. The molecule has 0 amide bonds. The van der Waals surface area contributed by atoms with Crippen molar-refractivity contribution < 1.29 is 9.18 Å². The molecular weight excluding hydrogens is 363 g/mol. The van der Waals surface area contributed by atoms with Gasteiger partial charge in [-0.15, -0.1) is 0 Å². The van der Waals surface area contributed by atoms with Crippen LogP contribution in [0.15, 0.2) is 46.9 Å². The molecule has 0 fully saturated rings. The number of halogens is 3. The van der Waals surface area contributed by atoms with Crippen LogP contribution < -0.4 is 0 Å². The van der Waals surface area contributed by atoms with Gasteiger partial charge in [-0.25, -0.2) is 4.39 Å². The van der Waals surface area contributed by atoms with Crippen molar-refractivity contribution in [2.24, 2.45) is 0 Å². The summed E-state index contributed by atoms with van der Waals surface area (Å²) in [7, 11) is 0. The maximum atomic E-state index is 12.8. The predicted molar refractivity (Wildman–Crippen MR) is 76.6 cm³/mol. The first-order chi connectivity index (χ1) is 8.61. The Labute approximate surface area is 121 Å². The van der Waals surface area contributed by atoms with Crippen molar-refractivity contribution >= 4 is 37.6 Å². The lowest BCUT2D eigenvalue weighted by molar-refractivity contribution is 0.103. The zero-order valence-electron chi connectivity index (χ0n) is 9.29. The van der Waals surface area contributed by atoms with Gasteiger partial charge in [-0.05, 0) is 42.0 Å². The molecule has 0 N–H and O–H groups in total. The Hall–Kier alpha value is -1.000. The Bertz CT molecular complexity index is 579. The van der Waals surface area contributed by atoms with E-state index in [1.165, 1.54) is 24.3 Å². The molecule has 0 heterocycles. The summed E-state index contributed by atoms with van der Waals surface area (Å²) in [4.78, 5) is 12.2. The number of carbonyl (C=O) groups is 1. The van der Waals surface area contributed by atoms with E-state index in [9.17, 15) is 9.18 Å². The van der Waals surface area contributed by atoms with Crippen LogP contribution in [0.25, 0.3) is 0 Å². The molecule has 2 rings (SSSR count). The second-order valence-electron chi connectivity index (χ2n) is 3.78. The molecule has 0 bridgehead atoms. The number of ketones is 1. The van der Waals surface area contributed by atoms with Crippen molar-refractivity contribution in [1.29, 1.82) is 0 Å². The second-order valence-corrected chi connectivity index (χ2v) is 5.20. The van der Waals surface area contributed by atoms with Crippen LogP contribution in [0.3, 0.4) is 0 Å². The lowest BCUT2D eigenvalue weighted by Gasteiger charge is -2.05. The van der Waals surface area contributed by atoms with Gasteiger partial charge in [0.2, 0.25) is 0 Å². The zero-order chi connectivity index (χ0) is 13.1. The van der Waals surface area contributed by atoms with Crippen LogP contribution in [0.5, 0.6) is 0 Å². The Kier molecular flexibility index (Phi) is 4.30. The van der Waals surface area contributed by atoms with Crippen LogP contribution >= 0.6 is 31.9 Å². The van der Waals surface area contributed by atoms with Crippen molar-refractivity contribution in [3.63, 3.8) is 0 Å². The van der Waals surface area contributed by atoms with E-state index in [1.54, 1.807) is 6.07 Å². The number of alkyl halides is 1. The van der Waals surface area contributed by atoms with Gasteiger partial charge in [-0.2, -0.15) is 0 Å². The Balaban J connectivity index is 2.37. The average Bonchev–Trinajstić information content (AvgIpc) is 2.38. The lowest BCUT2D eigenvalue weighted by atomic mass is 10.0. The molecule has 0 spiro atoms. The van der Waals surface area contributed by atoms with Crippen molar-refractivity contribution in [2.75, 3.05) is 0 Å². The van der Waals surface area contributed by atoms with Crippen molar-refractivity contribution in [3.8, 4) is 0 Å². The monoisotopic (exact) mass is 370 g/mol. The fourth-order valence-corrected chi connectivity index (χ4v) is 2.54. The summed E-state index contributed by atoms with van der Waals surface area (Å²) in [5.74, 6) is -0.469. The number of carbonyl (C=O) groups excluding carboxylic acids is 1. The fraction of sp³-hybridized carbons (Fsp3) is 0.0714. The fourth-order valence-electron chi connectivity index (χ4n) is 1.58. The highest BCUT2D eigenvalue weighted by Gasteiger charge is 2.12. The molecular formula is C14H9Br2FO. The van der Waals surface area contributed by atoms with E-state index in [4.69, 9.17) is 0 Å². The highest BCUT2D eigenvalue weighted by molar-refractivity contribution is 9.10. The predicted octanol–water partition coefficient (Wildman–Crippen LogP) is 4.71. The van der Waals surface area contributed by atoms with Crippen LogP contribution in [0.2, 0.25) is 0 Å². The third-order valence-electron chi connectivity index (χ3n) is 2.54. The van der Waals surface area contributed by atoms with E-state index < -0.39 is 0 Å². The van der Waals surface area contributed by atoms with E-state index in [-0.39, 0.29) is 11.6 Å². The molecule has 0 radical (unpaired) electrons. The molecule has 92 valence electrons.